The van der Waals surface area contributed by atoms with E-state index in [-0.39, 0.29) is 17.7 Å². The monoisotopic (exact) mass is 954 g/mol. The molecule has 1 fully saturated rings. The van der Waals surface area contributed by atoms with Crippen LogP contribution in [-0.2, 0) is 41.8 Å². The van der Waals surface area contributed by atoms with Gasteiger partial charge in [-0.2, -0.15) is 0 Å². The number of aromatic nitrogens is 2. The molecule has 1 unspecified atom stereocenters. The predicted octanol–water partition coefficient (Wildman–Crippen LogP) is 11.8. The zero-order valence-corrected chi connectivity index (χ0v) is 41.8. The molecule has 2 aromatic heterocycles. The minimum atomic E-state index is -0.595. The summed E-state index contributed by atoms with van der Waals surface area (Å²) in [6.45, 7) is 20.5. The van der Waals surface area contributed by atoms with Crippen molar-refractivity contribution in [2.75, 3.05) is 13.2 Å². The first kappa shape index (κ1) is 49.7. The fraction of sp³-hybridized carbons (Fsp3) is 0.276. The van der Waals surface area contributed by atoms with Crippen molar-refractivity contribution in [3.63, 3.8) is 0 Å². The van der Waals surface area contributed by atoms with E-state index in [4.69, 9.17) is 23.9 Å². The van der Waals surface area contributed by atoms with Gasteiger partial charge in [0.2, 0.25) is 0 Å². The van der Waals surface area contributed by atoms with Gasteiger partial charge in [-0.1, -0.05) is 46.7 Å². The number of carbonyl (C=O) groups is 4. The summed E-state index contributed by atoms with van der Waals surface area (Å²) in [5.41, 5.74) is 11.6. The quantitative estimate of drug-likeness (QED) is 0.0476. The number of ketones is 2. The van der Waals surface area contributed by atoms with Gasteiger partial charge in [-0.05, 0) is 157 Å². The Hall–Kier alpha value is -7.74. The number of benzene rings is 6. The fourth-order valence-electron chi connectivity index (χ4n) is 9.15. The van der Waals surface area contributed by atoms with Gasteiger partial charge >= 0.3 is 11.9 Å². The number of hydrogen-bond acceptors (Lipinski definition) is 11. The summed E-state index contributed by atoms with van der Waals surface area (Å²) in [6, 6.07) is 37.0. The second kappa shape index (κ2) is 20.7. The minimum absolute atomic E-state index is 0.0150. The maximum Gasteiger partial charge on any atom is 0.331 e. The molecule has 364 valence electrons. The van der Waals surface area contributed by atoms with Gasteiger partial charge in [-0.15, -0.1) is 0 Å². The largest absolute Gasteiger partial charge is 0.491 e. The van der Waals surface area contributed by atoms with Crippen LogP contribution in [0.2, 0.25) is 0 Å². The number of nitrogens with zero attached hydrogens (tertiary/aromatic N) is 4. The molecule has 3 heterocycles. The van der Waals surface area contributed by atoms with Crippen LogP contribution in [0.4, 0.5) is 0 Å². The molecule has 13 nitrogen and oxygen atoms in total. The van der Waals surface area contributed by atoms with Gasteiger partial charge in [-0.3, -0.25) is 9.59 Å². The van der Waals surface area contributed by atoms with Crippen molar-refractivity contribution in [2.24, 2.45) is 10.3 Å². The molecule has 0 bridgehead atoms. The van der Waals surface area contributed by atoms with Gasteiger partial charge < -0.3 is 33.0 Å². The normalized spacial score (nSPS) is 14.7. The Morgan fingerprint density at radius 3 is 1.42 bits per heavy atom. The summed E-state index contributed by atoms with van der Waals surface area (Å²) in [5.74, 6) is -0.877. The lowest BCUT2D eigenvalue weighted by atomic mass is 9.97. The SMILES string of the molecule is CCn1c2ccc(C(=O)c3ccc(OCC4COC(C)(C)O4)cc3C)cc2c2cc(/C(C)=N/OC(C)=O)ccc21.CCn1c2ccc(C(=O)c3ccccc3C)cc2c2cc(/C(C)=N/OC(C)=O)ccc21. The van der Waals surface area contributed by atoms with Crippen LogP contribution in [0.15, 0.2) is 126 Å². The van der Waals surface area contributed by atoms with Crippen LogP contribution in [0.1, 0.15) is 109 Å². The summed E-state index contributed by atoms with van der Waals surface area (Å²) >= 11 is 0. The molecule has 0 radical (unpaired) electrons. The average Bonchev–Trinajstić information content (AvgIpc) is 4.00. The van der Waals surface area contributed by atoms with E-state index >= 15 is 0 Å². The molecule has 8 aromatic rings. The van der Waals surface area contributed by atoms with Crippen molar-refractivity contribution in [3.8, 4) is 5.75 Å². The van der Waals surface area contributed by atoms with Crippen LogP contribution in [-0.4, -0.2) is 69.2 Å². The van der Waals surface area contributed by atoms with Gasteiger partial charge in [0.1, 0.15) is 18.5 Å². The Bertz CT molecular complexity index is 3470. The maximum absolute atomic E-state index is 13.6. The molecule has 13 heteroatoms. The van der Waals surface area contributed by atoms with Crippen molar-refractivity contribution >= 4 is 78.5 Å². The number of oxime groups is 2. The van der Waals surface area contributed by atoms with E-state index in [9.17, 15) is 19.2 Å². The summed E-state index contributed by atoms with van der Waals surface area (Å²) in [5, 5.41) is 11.9. The summed E-state index contributed by atoms with van der Waals surface area (Å²) in [7, 11) is 0. The van der Waals surface area contributed by atoms with E-state index in [1.807, 2.05) is 143 Å². The molecule has 0 N–H and O–H groups in total. The van der Waals surface area contributed by atoms with E-state index in [0.717, 1.165) is 79.0 Å². The van der Waals surface area contributed by atoms with Crippen LogP contribution in [0.5, 0.6) is 5.75 Å². The highest BCUT2D eigenvalue weighted by Crippen LogP contribution is 2.34. The molecule has 1 atom stereocenters. The second-order valence-corrected chi connectivity index (χ2v) is 18.1. The highest BCUT2D eigenvalue weighted by Gasteiger charge is 2.33. The first-order valence-corrected chi connectivity index (χ1v) is 23.7. The Morgan fingerprint density at radius 1 is 0.577 bits per heavy atom. The van der Waals surface area contributed by atoms with E-state index in [2.05, 4.69) is 33.3 Å². The summed E-state index contributed by atoms with van der Waals surface area (Å²) in [4.78, 5) is 58.7. The van der Waals surface area contributed by atoms with Crippen LogP contribution < -0.4 is 4.74 Å². The molecule has 71 heavy (non-hydrogen) atoms. The number of ether oxygens (including phenoxy) is 3. The third-order valence-corrected chi connectivity index (χ3v) is 12.7. The lowest BCUT2D eigenvalue weighted by Gasteiger charge is -2.17. The zero-order valence-electron chi connectivity index (χ0n) is 41.8. The van der Waals surface area contributed by atoms with E-state index < -0.39 is 17.7 Å². The highest BCUT2D eigenvalue weighted by molar-refractivity contribution is 6.18. The Morgan fingerprint density at radius 2 is 1.01 bits per heavy atom. The maximum atomic E-state index is 13.6. The van der Waals surface area contributed by atoms with Crippen molar-refractivity contribution in [3.05, 3.63) is 160 Å². The lowest BCUT2D eigenvalue weighted by Crippen LogP contribution is -2.25. The Balaban J connectivity index is 0.000000197. The van der Waals surface area contributed by atoms with Crippen LogP contribution >= 0.6 is 0 Å². The molecule has 6 aromatic carbocycles. The van der Waals surface area contributed by atoms with Gasteiger partial charge in [0.05, 0.1) is 18.0 Å². The third-order valence-electron chi connectivity index (χ3n) is 12.7. The summed E-state index contributed by atoms with van der Waals surface area (Å²) in [6.07, 6.45) is -0.133. The molecular weight excluding hydrogens is 897 g/mol. The zero-order chi connectivity index (χ0) is 50.7. The summed E-state index contributed by atoms with van der Waals surface area (Å²) < 4.78 is 21.8. The van der Waals surface area contributed by atoms with Crippen LogP contribution in [0.3, 0.4) is 0 Å². The number of fused-ring (bicyclic) bond motifs is 6. The third kappa shape index (κ3) is 10.6. The fourth-order valence-corrected chi connectivity index (χ4v) is 9.15. The highest BCUT2D eigenvalue weighted by atomic mass is 16.7. The van der Waals surface area contributed by atoms with Gasteiger partial charge in [0.15, 0.2) is 17.4 Å². The van der Waals surface area contributed by atoms with Crippen molar-refractivity contribution in [1.29, 1.82) is 0 Å². The Labute approximate surface area is 412 Å². The van der Waals surface area contributed by atoms with Crippen molar-refractivity contribution in [1.82, 2.24) is 9.13 Å². The van der Waals surface area contributed by atoms with Gasteiger partial charge in [-0.25, -0.2) is 9.59 Å². The van der Waals surface area contributed by atoms with E-state index in [1.165, 1.54) is 13.8 Å². The van der Waals surface area contributed by atoms with Gasteiger partial charge in [0, 0.05) is 92.8 Å². The first-order chi connectivity index (χ1) is 34.0. The van der Waals surface area contributed by atoms with E-state index in [1.54, 1.807) is 13.8 Å². The molecule has 0 spiro atoms. The Kier molecular flexibility index (Phi) is 14.5. The molecule has 0 aliphatic carbocycles. The van der Waals surface area contributed by atoms with Gasteiger partial charge in [0.25, 0.3) is 0 Å². The molecule has 1 saturated heterocycles. The second-order valence-electron chi connectivity index (χ2n) is 18.1. The first-order valence-electron chi connectivity index (χ1n) is 23.7. The minimum Gasteiger partial charge on any atom is -0.491 e. The molecule has 1 aliphatic rings. The van der Waals surface area contributed by atoms with Crippen molar-refractivity contribution < 1.29 is 43.1 Å². The topological polar surface area (TPSA) is 149 Å². The van der Waals surface area contributed by atoms with Crippen LogP contribution in [0, 0.1) is 13.8 Å². The number of hydrogen-bond donors (Lipinski definition) is 0. The molecular formula is C58H58N4O9. The lowest BCUT2D eigenvalue weighted by molar-refractivity contribution is -0.141. The number of carbonyl (C=O) groups excluding carboxylic acids is 4. The number of rotatable bonds is 13. The molecule has 0 saturated carbocycles. The molecule has 0 amide bonds. The standard InChI is InChI=1S/C32H34N2O6.C26H24N2O3/c1-7-34-29-12-8-22(20(3)33-40-21(4)35)15-27(29)28-16-23(9-13-30(28)34)31(36)26-11-10-24(14-19(26)2)37-17-25-18-38-32(5,6)39-25;1-5-28-24-12-10-19(17(3)27-31-18(4)29)14-22(24)23-15-20(11-13-25(23)28)26(30)21-9-7-6-8-16(21)2/h8-16,25H,7,17-18H2,1-6H3;6-15H,5H2,1-4H3/b33-20+;27-17+. The van der Waals surface area contributed by atoms with Crippen molar-refractivity contribution in [2.45, 2.75) is 94.2 Å². The molecule has 9 rings (SSSR count). The number of aryl methyl sites for hydroxylation is 4. The predicted molar refractivity (Wildman–Crippen MR) is 278 cm³/mol. The van der Waals surface area contributed by atoms with Crippen LogP contribution in [0.25, 0.3) is 43.6 Å². The smallest absolute Gasteiger partial charge is 0.331 e. The molecule has 1 aliphatic heterocycles. The average molecular weight is 955 g/mol. The van der Waals surface area contributed by atoms with E-state index in [0.29, 0.717) is 52.6 Å².